The number of aromatic nitrogens is 1. The van der Waals surface area contributed by atoms with Crippen molar-refractivity contribution in [1.82, 2.24) is 4.98 Å². The SMILES string of the molecule is BrCC1CCCCCN1c1nccc2ccccc12. The lowest BCUT2D eigenvalue weighted by atomic mass is 10.1. The van der Waals surface area contributed by atoms with Gasteiger partial charge in [0.25, 0.3) is 0 Å². The molecule has 0 radical (unpaired) electrons. The number of halogens is 1. The minimum atomic E-state index is 0.570. The van der Waals surface area contributed by atoms with Gasteiger partial charge in [-0.2, -0.15) is 0 Å². The van der Waals surface area contributed by atoms with E-state index in [9.17, 15) is 0 Å². The summed E-state index contributed by atoms with van der Waals surface area (Å²) < 4.78 is 0. The zero-order valence-electron chi connectivity index (χ0n) is 11.1. The lowest BCUT2D eigenvalue weighted by Crippen LogP contribution is -2.36. The van der Waals surface area contributed by atoms with Gasteiger partial charge in [-0.1, -0.05) is 53.0 Å². The summed E-state index contributed by atoms with van der Waals surface area (Å²) in [5.41, 5.74) is 0. The average molecular weight is 319 g/mol. The molecule has 0 amide bonds. The number of hydrogen-bond donors (Lipinski definition) is 0. The van der Waals surface area contributed by atoms with Crippen molar-refractivity contribution in [2.24, 2.45) is 0 Å². The van der Waals surface area contributed by atoms with Crippen LogP contribution in [-0.4, -0.2) is 22.9 Å². The molecular weight excluding hydrogens is 300 g/mol. The topological polar surface area (TPSA) is 16.1 Å². The molecule has 1 atom stereocenters. The van der Waals surface area contributed by atoms with Crippen molar-refractivity contribution < 1.29 is 0 Å². The van der Waals surface area contributed by atoms with Gasteiger partial charge >= 0.3 is 0 Å². The van der Waals surface area contributed by atoms with Crippen LogP contribution >= 0.6 is 15.9 Å². The molecule has 0 N–H and O–H groups in total. The highest BCUT2D eigenvalue weighted by atomic mass is 79.9. The molecule has 0 spiro atoms. The largest absolute Gasteiger partial charge is 0.352 e. The Labute approximate surface area is 123 Å². The van der Waals surface area contributed by atoms with Crippen molar-refractivity contribution in [3.8, 4) is 0 Å². The van der Waals surface area contributed by atoms with Gasteiger partial charge in [-0.3, -0.25) is 0 Å². The van der Waals surface area contributed by atoms with Gasteiger partial charge in [0.15, 0.2) is 0 Å². The molecule has 2 nitrogen and oxygen atoms in total. The Morgan fingerprint density at radius 3 is 2.95 bits per heavy atom. The smallest absolute Gasteiger partial charge is 0.136 e. The summed E-state index contributed by atoms with van der Waals surface area (Å²) in [6, 6.07) is 11.2. The van der Waals surface area contributed by atoms with E-state index in [2.05, 4.69) is 56.1 Å². The Morgan fingerprint density at radius 1 is 1.16 bits per heavy atom. The number of benzene rings is 1. The van der Waals surface area contributed by atoms with Crippen molar-refractivity contribution in [2.75, 3.05) is 16.8 Å². The molecule has 0 saturated carbocycles. The molecule has 1 aromatic carbocycles. The van der Waals surface area contributed by atoms with Crippen LogP contribution in [0.25, 0.3) is 10.8 Å². The second-order valence-electron chi connectivity index (χ2n) is 5.21. The zero-order valence-corrected chi connectivity index (χ0v) is 12.6. The van der Waals surface area contributed by atoms with E-state index >= 15 is 0 Å². The summed E-state index contributed by atoms with van der Waals surface area (Å²) >= 11 is 3.68. The van der Waals surface area contributed by atoms with Crippen LogP contribution in [0, 0.1) is 0 Å². The normalized spacial score (nSPS) is 20.5. The number of alkyl halides is 1. The van der Waals surface area contributed by atoms with Gasteiger partial charge in [-0.05, 0) is 24.3 Å². The molecule has 1 saturated heterocycles. The van der Waals surface area contributed by atoms with Gasteiger partial charge in [-0.15, -0.1) is 0 Å². The Morgan fingerprint density at radius 2 is 2.05 bits per heavy atom. The lowest BCUT2D eigenvalue weighted by Gasteiger charge is -2.30. The lowest BCUT2D eigenvalue weighted by molar-refractivity contribution is 0.623. The summed E-state index contributed by atoms with van der Waals surface area (Å²) in [5.74, 6) is 1.16. The van der Waals surface area contributed by atoms with Crippen LogP contribution in [0.1, 0.15) is 25.7 Å². The molecule has 2 aromatic rings. The first-order valence-electron chi connectivity index (χ1n) is 7.06. The molecular formula is C16H19BrN2. The predicted molar refractivity (Wildman–Crippen MR) is 85.1 cm³/mol. The van der Waals surface area contributed by atoms with E-state index in [1.165, 1.54) is 36.5 Å². The van der Waals surface area contributed by atoms with E-state index in [-0.39, 0.29) is 0 Å². The van der Waals surface area contributed by atoms with Gasteiger partial charge in [0.05, 0.1) is 0 Å². The van der Waals surface area contributed by atoms with E-state index in [0.29, 0.717) is 6.04 Å². The van der Waals surface area contributed by atoms with E-state index in [1.54, 1.807) is 0 Å². The third kappa shape index (κ3) is 2.62. The van der Waals surface area contributed by atoms with Crippen LogP contribution in [0.15, 0.2) is 36.5 Å². The molecule has 0 bridgehead atoms. The summed E-state index contributed by atoms with van der Waals surface area (Å²) in [4.78, 5) is 7.18. The highest BCUT2D eigenvalue weighted by Gasteiger charge is 2.22. The van der Waals surface area contributed by atoms with Gasteiger partial charge in [-0.25, -0.2) is 4.98 Å². The summed E-state index contributed by atoms with van der Waals surface area (Å²) in [7, 11) is 0. The third-order valence-electron chi connectivity index (χ3n) is 3.98. The molecule has 19 heavy (non-hydrogen) atoms. The second-order valence-corrected chi connectivity index (χ2v) is 5.85. The fraction of sp³-hybridized carbons (Fsp3) is 0.438. The van der Waals surface area contributed by atoms with Gasteiger partial charge in [0, 0.05) is 29.5 Å². The van der Waals surface area contributed by atoms with Gasteiger partial charge in [0.1, 0.15) is 5.82 Å². The number of pyridine rings is 1. The molecule has 100 valence electrons. The van der Waals surface area contributed by atoms with E-state index < -0.39 is 0 Å². The fourth-order valence-corrected chi connectivity index (χ4v) is 3.62. The first-order chi connectivity index (χ1) is 9.40. The minimum Gasteiger partial charge on any atom is -0.352 e. The van der Waals surface area contributed by atoms with Crippen LogP contribution in [-0.2, 0) is 0 Å². The molecule has 1 aliphatic heterocycles. The minimum absolute atomic E-state index is 0.570. The highest BCUT2D eigenvalue weighted by molar-refractivity contribution is 9.09. The van der Waals surface area contributed by atoms with Crippen molar-refractivity contribution in [2.45, 2.75) is 31.7 Å². The molecule has 3 rings (SSSR count). The maximum absolute atomic E-state index is 4.68. The van der Waals surface area contributed by atoms with Crippen molar-refractivity contribution in [3.05, 3.63) is 36.5 Å². The average Bonchev–Trinajstić information content (AvgIpc) is 2.71. The standard InChI is InChI=1S/C16H19BrN2/c17-12-14-7-2-1-5-11-19(14)16-15-8-4-3-6-13(15)9-10-18-16/h3-4,6,8-10,14H,1-2,5,7,11-12H2. The first kappa shape index (κ1) is 12.9. The number of rotatable bonds is 2. The van der Waals surface area contributed by atoms with Crippen LogP contribution < -0.4 is 4.90 Å². The predicted octanol–water partition coefficient (Wildman–Crippen LogP) is 4.38. The maximum atomic E-state index is 4.68. The zero-order chi connectivity index (χ0) is 13.1. The molecule has 1 aliphatic rings. The monoisotopic (exact) mass is 318 g/mol. The Balaban J connectivity index is 2.06. The highest BCUT2D eigenvalue weighted by Crippen LogP contribution is 2.29. The Kier molecular flexibility index (Phi) is 4.02. The maximum Gasteiger partial charge on any atom is 0.136 e. The molecule has 2 heterocycles. The number of hydrogen-bond acceptors (Lipinski definition) is 2. The Bertz CT molecular complexity index is 550. The quantitative estimate of drug-likeness (QED) is 0.764. The van der Waals surface area contributed by atoms with Crippen molar-refractivity contribution in [3.63, 3.8) is 0 Å². The van der Waals surface area contributed by atoms with E-state index in [4.69, 9.17) is 0 Å². The van der Waals surface area contributed by atoms with Crippen LogP contribution in [0.5, 0.6) is 0 Å². The van der Waals surface area contributed by atoms with Crippen LogP contribution in [0.4, 0.5) is 5.82 Å². The molecule has 1 aromatic heterocycles. The van der Waals surface area contributed by atoms with E-state index in [1.807, 2.05) is 6.20 Å². The number of anilines is 1. The molecule has 1 unspecified atom stereocenters. The number of nitrogens with zero attached hydrogens (tertiary/aromatic N) is 2. The number of fused-ring (bicyclic) bond motifs is 1. The van der Waals surface area contributed by atoms with Crippen LogP contribution in [0.3, 0.4) is 0 Å². The molecule has 3 heteroatoms. The summed E-state index contributed by atoms with van der Waals surface area (Å²) in [6.07, 6.45) is 7.14. The fourth-order valence-electron chi connectivity index (χ4n) is 2.95. The van der Waals surface area contributed by atoms with Crippen molar-refractivity contribution >= 4 is 32.5 Å². The first-order valence-corrected chi connectivity index (χ1v) is 8.18. The second kappa shape index (κ2) is 5.91. The van der Waals surface area contributed by atoms with Gasteiger partial charge < -0.3 is 4.90 Å². The van der Waals surface area contributed by atoms with Crippen molar-refractivity contribution in [1.29, 1.82) is 0 Å². The van der Waals surface area contributed by atoms with Crippen LogP contribution in [0.2, 0.25) is 0 Å². The third-order valence-corrected chi connectivity index (χ3v) is 4.73. The van der Waals surface area contributed by atoms with Gasteiger partial charge in [0.2, 0.25) is 0 Å². The Hall–Kier alpha value is -1.09. The summed E-state index contributed by atoms with van der Waals surface area (Å²) in [6.45, 7) is 1.12. The molecule has 1 fully saturated rings. The van der Waals surface area contributed by atoms with E-state index in [0.717, 1.165) is 17.7 Å². The summed E-state index contributed by atoms with van der Waals surface area (Å²) in [5, 5.41) is 3.58. The molecule has 0 aliphatic carbocycles.